The number of aromatic nitrogens is 2. The van der Waals surface area contributed by atoms with Gasteiger partial charge in [-0.05, 0) is 13.8 Å². The number of aromatic amines is 1. The summed E-state index contributed by atoms with van der Waals surface area (Å²) in [6.07, 6.45) is 3.51. The molecule has 1 aromatic heterocycles. The molecular formula is C9H13ClCuN2O2. The zero-order chi connectivity index (χ0) is 11.0. The van der Waals surface area contributed by atoms with Gasteiger partial charge in [-0.25, -0.2) is 4.98 Å². The number of H-pyrrole nitrogens is 1. The first-order valence-electron chi connectivity index (χ1n) is 4.09. The molecule has 6 heteroatoms. The average Bonchev–Trinajstić information content (AvgIpc) is 2.53. The number of ketones is 2. The first kappa shape index (κ1) is 16.8. The van der Waals surface area contributed by atoms with Crippen molar-refractivity contribution in [2.24, 2.45) is 0 Å². The van der Waals surface area contributed by atoms with Crippen LogP contribution in [0.2, 0.25) is 0 Å². The molecule has 1 aromatic rings. The van der Waals surface area contributed by atoms with Gasteiger partial charge in [0.1, 0.15) is 17.4 Å². The smallest absolute Gasteiger partial charge is 0.137 e. The molecule has 0 bridgehead atoms. The maximum absolute atomic E-state index is 10.0. The number of hydrogen-bond donors (Lipinski definition) is 1. The molecule has 89 valence electrons. The van der Waals surface area contributed by atoms with E-state index in [2.05, 4.69) is 9.97 Å². The zero-order valence-corrected chi connectivity index (χ0v) is 10.2. The van der Waals surface area contributed by atoms with Gasteiger partial charge in [0.05, 0.1) is 12.3 Å². The Balaban J connectivity index is 0. The predicted molar refractivity (Wildman–Crippen MR) is 54.1 cm³/mol. The van der Waals surface area contributed by atoms with E-state index in [1.807, 2.05) is 0 Å². The van der Waals surface area contributed by atoms with E-state index >= 15 is 0 Å². The number of hydrogen-bond acceptors (Lipinski definition) is 3. The molecule has 1 rings (SSSR count). The standard InChI is InChI=1S/C5H8O2.C4H5ClN2.Cu/c1-4(6)3-5(2)7;5-3-4-6-1-2-7-4;/h3H2,1-2H3;1-2H,3H2,(H,6,7);. The number of alkyl halides is 1. The van der Waals surface area contributed by atoms with E-state index in [0.717, 1.165) is 5.82 Å². The normalized spacial score (nSPS) is 8.20. The monoisotopic (exact) mass is 279 g/mol. The van der Waals surface area contributed by atoms with E-state index in [1.165, 1.54) is 13.8 Å². The topological polar surface area (TPSA) is 62.8 Å². The van der Waals surface area contributed by atoms with Crippen LogP contribution in [0.15, 0.2) is 12.4 Å². The third kappa shape index (κ3) is 11.3. The van der Waals surface area contributed by atoms with Crippen molar-refractivity contribution in [3.63, 3.8) is 0 Å². The van der Waals surface area contributed by atoms with Crippen LogP contribution >= 0.6 is 11.6 Å². The van der Waals surface area contributed by atoms with Crippen LogP contribution in [-0.2, 0) is 32.5 Å². The fourth-order valence-corrected chi connectivity index (χ4v) is 0.868. The third-order valence-electron chi connectivity index (χ3n) is 1.18. The minimum Gasteiger partial charge on any atom is -0.348 e. The van der Waals surface area contributed by atoms with E-state index in [4.69, 9.17) is 11.6 Å². The fourth-order valence-electron chi connectivity index (χ4n) is 0.722. The Labute approximate surface area is 104 Å². The Bertz CT molecular complexity index is 276. The SMILES string of the molecule is CC(=O)CC(C)=O.ClCc1ncc[nH]1.[Cu]. The van der Waals surface area contributed by atoms with Gasteiger partial charge in [0.2, 0.25) is 0 Å². The molecule has 0 aliphatic heterocycles. The predicted octanol–water partition coefficient (Wildman–Crippen LogP) is 1.70. The van der Waals surface area contributed by atoms with E-state index < -0.39 is 0 Å². The van der Waals surface area contributed by atoms with E-state index in [-0.39, 0.29) is 35.1 Å². The second-order valence-electron chi connectivity index (χ2n) is 2.75. The molecule has 0 atom stereocenters. The van der Waals surface area contributed by atoms with Crippen molar-refractivity contribution in [1.29, 1.82) is 0 Å². The summed E-state index contributed by atoms with van der Waals surface area (Å²) in [4.78, 5) is 26.8. The molecule has 0 fully saturated rings. The Hall–Kier alpha value is -0.641. The van der Waals surface area contributed by atoms with Crippen LogP contribution < -0.4 is 0 Å². The third-order valence-corrected chi connectivity index (χ3v) is 1.43. The van der Waals surface area contributed by atoms with Crippen LogP contribution in [0.5, 0.6) is 0 Å². The van der Waals surface area contributed by atoms with Crippen molar-refractivity contribution >= 4 is 23.2 Å². The molecule has 4 nitrogen and oxygen atoms in total. The van der Waals surface area contributed by atoms with Crippen molar-refractivity contribution in [1.82, 2.24) is 9.97 Å². The Kier molecular flexibility index (Phi) is 11.1. The first-order chi connectivity index (χ1) is 6.56. The van der Waals surface area contributed by atoms with Gasteiger partial charge < -0.3 is 4.98 Å². The molecule has 15 heavy (non-hydrogen) atoms. The summed E-state index contributed by atoms with van der Waals surface area (Å²) in [6.45, 7) is 2.81. The molecule has 0 unspecified atom stereocenters. The molecule has 0 aliphatic rings. The number of rotatable bonds is 3. The number of nitrogens with one attached hydrogen (secondary N) is 1. The molecule has 1 N–H and O–H groups in total. The molecule has 0 aromatic carbocycles. The van der Waals surface area contributed by atoms with Gasteiger partial charge in [-0.15, -0.1) is 11.6 Å². The minimum absolute atomic E-state index is 0. The zero-order valence-electron chi connectivity index (χ0n) is 8.51. The van der Waals surface area contributed by atoms with Crippen LogP contribution in [0.4, 0.5) is 0 Å². The van der Waals surface area contributed by atoms with Crippen molar-refractivity contribution in [2.45, 2.75) is 26.1 Å². The first-order valence-corrected chi connectivity index (χ1v) is 4.62. The van der Waals surface area contributed by atoms with Crippen molar-refractivity contribution in [3.8, 4) is 0 Å². The van der Waals surface area contributed by atoms with Gasteiger partial charge >= 0.3 is 0 Å². The number of Topliss-reactive ketones (excluding diaryl/α,β-unsaturated/α-hetero) is 2. The largest absolute Gasteiger partial charge is 0.348 e. The summed E-state index contributed by atoms with van der Waals surface area (Å²) in [5, 5.41) is 0. The van der Waals surface area contributed by atoms with Crippen LogP contribution in [0, 0.1) is 0 Å². The molecule has 0 aliphatic carbocycles. The molecule has 0 spiro atoms. The maximum atomic E-state index is 10.0. The summed E-state index contributed by atoms with van der Waals surface area (Å²) in [5.41, 5.74) is 0. The van der Waals surface area contributed by atoms with Crippen LogP contribution in [0.3, 0.4) is 0 Å². The molecule has 1 radical (unpaired) electrons. The number of nitrogens with zero attached hydrogens (tertiary/aromatic N) is 1. The van der Waals surface area contributed by atoms with Gasteiger partial charge in [-0.1, -0.05) is 0 Å². The Morgan fingerprint density at radius 1 is 1.40 bits per heavy atom. The van der Waals surface area contributed by atoms with E-state index in [0.29, 0.717) is 5.88 Å². The van der Waals surface area contributed by atoms with Gasteiger partial charge in [-0.3, -0.25) is 9.59 Å². The maximum Gasteiger partial charge on any atom is 0.137 e. The number of carbonyl (C=O) groups is 2. The van der Waals surface area contributed by atoms with Crippen LogP contribution in [-0.4, -0.2) is 21.5 Å². The number of halogens is 1. The van der Waals surface area contributed by atoms with E-state index in [1.54, 1.807) is 12.4 Å². The molecule has 0 saturated carbocycles. The van der Waals surface area contributed by atoms with Gasteiger partial charge in [0.25, 0.3) is 0 Å². The molecule has 1 heterocycles. The van der Waals surface area contributed by atoms with Crippen LogP contribution in [0.25, 0.3) is 0 Å². The average molecular weight is 280 g/mol. The van der Waals surface area contributed by atoms with Crippen molar-refractivity contribution < 1.29 is 26.7 Å². The van der Waals surface area contributed by atoms with Gasteiger partial charge in [0, 0.05) is 29.5 Å². The summed E-state index contributed by atoms with van der Waals surface area (Å²) >= 11 is 5.37. The minimum atomic E-state index is -0.0625. The number of imidazole rings is 1. The fraction of sp³-hybridized carbons (Fsp3) is 0.444. The second kappa shape index (κ2) is 9.90. The Morgan fingerprint density at radius 2 is 1.93 bits per heavy atom. The van der Waals surface area contributed by atoms with Crippen molar-refractivity contribution in [3.05, 3.63) is 18.2 Å². The quantitative estimate of drug-likeness (QED) is 0.521. The van der Waals surface area contributed by atoms with Crippen LogP contribution in [0.1, 0.15) is 26.1 Å². The van der Waals surface area contributed by atoms with Crippen molar-refractivity contribution in [2.75, 3.05) is 0 Å². The van der Waals surface area contributed by atoms with Gasteiger partial charge in [-0.2, -0.15) is 0 Å². The number of carbonyl (C=O) groups excluding carboxylic acids is 2. The second-order valence-corrected chi connectivity index (χ2v) is 3.02. The summed E-state index contributed by atoms with van der Waals surface area (Å²) in [6, 6.07) is 0. The Morgan fingerprint density at radius 3 is 2.07 bits per heavy atom. The summed E-state index contributed by atoms with van der Waals surface area (Å²) in [5.74, 6) is 1.16. The summed E-state index contributed by atoms with van der Waals surface area (Å²) < 4.78 is 0. The van der Waals surface area contributed by atoms with E-state index in [9.17, 15) is 9.59 Å². The molecule has 0 amide bonds. The molecule has 0 saturated heterocycles. The molecular weight excluding hydrogens is 267 g/mol. The summed E-state index contributed by atoms with van der Waals surface area (Å²) in [7, 11) is 0. The van der Waals surface area contributed by atoms with Gasteiger partial charge in [0.15, 0.2) is 0 Å².